The molecule has 6 nitrogen and oxygen atoms in total. The van der Waals surface area contributed by atoms with Crippen LogP contribution in [0.5, 0.6) is 11.5 Å². The molecule has 6 heteroatoms. The van der Waals surface area contributed by atoms with Gasteiger partial charge in [0, 0.05) is 12.1 Å². The summed E-state index contributed by atoms with van der Waals surface area (Å²) in [6.07, 6.45) is 3.71. The summed E-state index contributed by atoms with van der Waals surface area (Å²) in [6, 6.07) is 15.0. The molecule has 2 atom stereocenters. The smallest absolute Gasteiger partial charge is 0.258 e. The molecule has 0 spiro atoms. The molecule has 0 saturated heterocycles. The summed E-state index contributed by atoms with van der Waals surface area (Å²) >= 11 is 0. The molecular weight excluding hydrogens is 380 g/mol. The molecular formula is C24H30N2O4. The molecule has 2 N–H and O–H groups in total. The number of amides is 2. The zero-order chi connectivity index (χ0) is 21.3. The van der Waals surface area contributed by atoms with Gasteiger partial charge in [-0.05, 0) is 62.1 Å². The van der Waals surface area contributed by atoms with Crippen molar-refractivity contribution in [1.29, 1.82) is 0 Å². The van der Waals surface area contributed by atoms with E-state index in [2.05, 4.69) is 10.6 Å². The molecule has 2 amide bonds. The lowest BCUT2D eigenvalue weighted by Crippen LogP contribution is -2.54. The number of benzene rings is 2. The van der Waals surface area contributed by atoms with Crippen molar-refractivity contribution in [3.05, 3.63) is 59.7 Å². The summed E-state index contributed by atoms with van der Waals surface area (Å²) in [5.41, 5.74) is 2.16. The van der Waals surface area contributed by atoms with Gasteiger partial charge in [0.2, 0.25) is 0 Å². The van der Waals surface area contributed by atoms with Crippen LogP contribution < -0.4 is 20.1 Å². The van der Waals surface area contributed by atoms with Crippen LogP contribution in [-0.2, 0) is 9.59 Å². The first-order valence-corrected chi connectivity index (χ1v) is 10.5. The number of carbonyl (C=O) groups excluding carboxylic acids is 2. The van der Waals surface area contributed by atoms with Crippen LogP contribution in [0, 0.1) is 13.8 Å². The quantitative estimate of drug-likeness (QED) is 0.700. The van der Waals surface area contributed by atoms with Crippen LogP contribution in [-0.4, -0.2) is 37.1 Å². The highest BCUT2D eigenvalue weighted by Gasteiger charge is 2.28. The molecule has 30 heavy (non-hydrogen) atoms. The average Bonchev–Trinajstić information content (AvgIpc) is 2.72. The number of hydrogen-bond donors (Lipinski definition) is 2. The maximum absolute atomic E-state index is 12.4. The van der Waals surface area contributed by atoms with Crippen molar-refractivity contribution < 1.29 is 19.1 Å². The molecule has 1 fully saturated rings. The van der Waals surface area contributed by atoms with Gasteiger partial charge in [0.25, 0.3) is 11.8 Å². The monoisotopic (exact) mass is 410 g/mol. The molecule has 2 aromatic carbocycles. The van der Waals surface area contributed by atoms with Crippen LogP contribution in [0.2, 0.25) is 0 Å². The first-order chi connectivity index (χ1) is 14.5. The van der Waals surface area contributed by atoms with Gasteiger partial charge in [-0.2, -0.15) is 0 Å². The normalized spacial score (nSPS) is 18.3. The van der Waals surface area contributed by atoms with Gasteiger partial charge < -0.3 is 20.1 Å². The Kier molecular flexibility index (Phi) is 7.71. The van der Waals surface area contributed by atoms with Crippen molar-refractivity contribution in [3.63, 3.8) is 0 Å². The van der Waals surface area contributed by atoms with Crippen molar-refractivity contribution in [3.8, 4) is 11.5 Å². The zero-order valence-electron chi connectivity index (χ0n) is 17.6. The topological polar surface area (TPSA) is 76.7 Å². The van der Waals surface area contributed by atoms with Crippen molar-refractivity contribution in [2.24, 2.45) is 0 Å². The van der Waals surface area contributed by atoms with Crippen LogP contribution >= 0.6 is 0 Å². The molecule has 3 rings (SSSR count). The molecule has 160 valence electrons. The summed E-state index contributed by atoms with van der Waals surface area (Å²) in [5, 5.41) is 6.04. The number of aryl methyl sites for hydroxylation is 2. The maximum atomic E-state index is 12.4. The first kappa shape index (κ1) is 21.7. The highest BCUT2D eigenvalue weighted by atomic mass is 16.5. The number of carbonyl (C=O) groups is 2. The number of ether oxygens (including phenoxy) is 2. The third-order valence-electron chi connectivity index (χ3n) is 5.18. The van der Waals surface area contributed by atoms with E-state index in [1.54, 1.807) is 0 Å². The van der Waals surface area contributed by atoms with Gasteiger partial charge in [0.05, 0.1) is 0 Å². The highest BCUT2D eigenvalue weighted by molar-refractivity contribution is 5.79. The molecule has 0 heterocycles. The van der Waals surface area contributed by atoms with Gasteiger partial charge in [-0.3, -0.25) is 9.59 Å². The van der Waals surface area contributed by atoms with Crippen LogP contribution in [0.1, 0.15) is 36.8 Å². The Labute approximate surface area is 178 Å². The van der Waals surface area contributed by atoms with E-state index >= 15 is 0 Å². The Balaban J connectivity index is 1.46. The molecule has 0 radical (unpaired) electrons. The third-order valence-corrected chi connectivity index (χ3v) is 5.18. The van der Waals surface area contributed by atoms with E-state index in [9.17, 15) is 9.59 Å². The van der Waals surface area contributed by atoms with Crippen molar-refractivity contribution in [2.45, 2.75) is 51.6 Å². The third kappa shape index (κ3) is 6.79. The minimum atomic E-state index is -0.182. The number of rotatable bonds is 8. The molecule has 2 aromatic rings. The Morgan fingerprint density at radius 1 is 0.800 bits per heavy atom. The summed E-state index contributed by atoms with van der Waals surface area (Å²) in [6.45, 7) is 3.87. The van der Waals surface area contributed by atoms with Gasteiger partial charge in [0.1, 0.15) is 11.5 Å². The molecule has 1 aliphatic carbocycles. The zero-order valence-corrected chi connectivity index (χ0v) is 17.6. The second kappa shape index (κ2) is 10.7. The number of hydrogen-bond acceptors (Lipinski definition) is 4. The van der Waals surface area contributed by atoms with Gasteiger partial charge in [0.15, 0.2) is 13.2 Å². The van der Waals surface area contributed by atoms with Gasteiger partial charge in [-0.15, -0.1) is 0 Å². The molecule has 0 unspecified atom stereocenters. The van der Waals surface area contributed by atoms with Crippen molar-refractivity contribution in [1.82, 2.24) is 10.6 Å². The van der Waals surface area contributed by atoms with Crippen LogP contribution in [0.15, 0.2) is 48.5 Å². The Hall–Kier alpha value is -3.02. The van der Waals surface area contributed by atoms with Crippen LogP contribution in [0.25, 0.3) is 0 Å². The lowest BCUT2D eigenvalue weighted by molar-refractivity contribution is -0.127. The van der Waals surface area contributed by atoms with E-state index in [1.807, 2.05) is 62.4 Å². The van der Waals surface area contributed by atoms with Crippen LogP contribution in [0.4, 0.5) is 0 Å². The molecule has 0 bridgehead atoms. The van der Waals surface area contributed by atoms with E-state index in [-0.39, 0.29) is 37.1 Å². The lowest BCUT2D eigenvalue weighted by Gasteiger charge is -2.32. The average molecular weight is 411 g/mol. The fourth-order valence-corrected chi connectivity index (χ4v) is 3.68. The van der Waals surface area contributed by atoms with E-state index < -0.39 is 0 Å². The van der Waals surface area contributed by atoms with E-state index in [0.29, 0.717) is 11.5 Å². The SMILES string of the molecule is Cc1cccc(OCC(=O)N[C@H]2CCCC[C@H]2NC(=O)COc2cccc(C)c2)c1. The van der Waals surface area contributed by atoms with Gasteiger partial charge in [-0.25, -0.2) is 0 Å². The standard InChI is InChI=1S/C24H30N2O4/c1-17-7-5-9-19(13-17)29-15-23(27)25-21-11-3-4-12-22(21)26-24(28)16-30-20-10-6-8-18(2)14-20/h5-10,13-14,21-22H,3-4,11-12,15-16H2,1-2H3,(H,25,27)(H,26,28)/t21-,22+. The Morgan fingerprint density at radius 3 is 1.63 bits per heavy atom. The van der Waals surface area contributed by atoms with E-state index in [0.717, 1.165) is 36.8 Å². The van der Waals surface area contributed by atoms with Crippen molar-refractivity contribution in [2.75, 3.05) is 13.2 Å². The largest absolute Gasteiger partial charge is 0.484 e. The summed E-state index contributed by atoms with van der Waals surface area (Å²) < 4.78 is 11.2. The summed E-state index contributed by atoms with van der Waals surface area (Å²) in [7, 11) is 0. The predicted molar refractivity (Wildman–Crippen MR) is 116 cm³/mol. The second-order valence-corrected chi connectivity index (χ2v) is 7.84. The van der Waals surface area contributed by atoms with E-state index in [1.165, 1.54) is 0 Å². The Morgan fingerprint density at radius 2 is 1.23 bits per heavy atom. The first-order valence-electron chi connectivity index (χ1n) is 10.5. The summed E-state index contributed by atoms with van der Waals surface area (Å²) in [5.74, 6) is 0.983. The summed E-state index contributed by atoms with van der Waals surface area (Å²) in [4.78, 5) is 24.7. The van der Waals surface area contributed by atoms with Crippen molar-refractivity contribution >= 4 is 11.8 Å². The Bertz CT molecular complexity index is 796. The fourth-order valence-electron chi connectivity index (χ4n) is 3.68. The predicted octanol–water partition coefficient (Wildman–Crippen LogP) is 3.30. The maximum Gasteiger partial charge on any atom is 0.258 e. The van der Waals surface area contributed by atoms with E-state index in [4.69, 9.17) is 9.47 Å². The second-order valence-electron chi connectivity index (χ2n) is 7.84. The number of nitrogens with one attached hydrogen (secondary N) is 2. The highest BCUT2D eigenvalue weighted by Crippen LogP contribution is 2.19. The minimum absolute atomic E-state index is 0.0446. The molecule has 0 aliphatic heterocycles. The fraction of sp³-hybridized carbons (Fsp3) is 0.417. The molecule has 0 aromatic heterocycles. The van der Waals surface area contributed by atoms with Gasteiger partial charge in [-0.1, -0.05) is 37.1 Å². The minimum Gasteiger partial charge on any atom is -0.484 e. The van der Waals surface area contributed by atoms with Gasteiger partial charge >= 0.3 is 0 Å². The van der Waals surface area contributed by atoms with Crippen LogP contribution in [0.3, 0.4) is 0 Å². The molecule has 1 saturated carbocycles. The molecule has 1 aliphatic rings. The lowest BCUT2D eigenvalue weighted by atomic mass is 9.90.